The zero-order valence-corrected chi connectivity index (χ0v) is 17.2. The molecular formula is C20H34O7. The Bertz CT molecular complexity index is 473. The molecule has 0 bridgehead atoms. The first-order valence-electron chi connectivity index (χ1n) is 9.02. The summed E-state index contributed by atoms with van der Waals surface area (Å²) >= 11 is 0. The minimum Gasteiger partial charge on any atom is -0.457 e. The highest BCUT2D eigenvalue weighted by Gasteiger charge is 2.20. The zero-order chi connectivity index (χ0) is 20.9. The van der Waals surface area contributed by atoms with Crippen LogP contribution in [-0.4, -0.2) is 63.3 Å². The molecule has 3 atom stereocenters. The molecule has 7 heteroatoms. The zero-order valence-electron chi connectivity index (χ0n) is 17.2. The van der Waals surface area contributed by atoms with E-state index in [1.54, 1.807) is 13.8 Å². The summed E-state index contributed by atoms with van der Waals surface area (Å²) in [4.78, 5) is 22.2. The maximum Gasteiger partial charge on any atom is 0.330 e. The Morgan fingerprint density at radius 1 is 0.815 bits per heavy atom. The highest BCUT2D eigenvalue weighted by atomic mass is 16.6. The summed E-state index contributed by atoms with van der Waals surface area (Å²) in [6.45, 7) is 18.1. The van der Waals surface area contributed by atoms with Crippen LogP contribution in [0.3, 0.4) is 0 Å². The van der Waals surface area contributed by atoms with E-state index in [4.69, 9.17) is 23.7 Å². The Morgan fingerprint density at radius 3 is 1.67 bits per heavy atom. The van der Waals surface area contributed by atoms with Crippen LogP contribution in [0.15, 0.2) is 25.3 Å². The van der Waals surface area contributed by atoms with Gasteiger partial charge in [0, 0.05) is 17.6 Å². The van der Waals surface area contributed by atoms with E-state index < -0.39 is 11.9 Å². The highest BCUT2D eigenvalue weighted by Crippen LogP contribution is 2.16. The molecule has 156 valence electrons. The lowest BCUT2D eigenvalue weighted by Crippen LogP contribution is -2.30. The van der Waals surface area contributed by atoms with Crippen molar-refractivity contribution < 1.29 is 33.3 Å². The first kappa shape index (κ1) is 25.3. The third-order valence-corrected chi connectivity index (χ3v) is 3.27. The van der Waals surface area contributed by atoms with Crippen LogP contribution in [0.5, 0.6) is 0 Å². The normalized spacial score (nSPS) is 14.7. The van der Waals surface area contributed by atoms with Gasteiger partial charge in [0.25, 0.3) is 0 Å². The monoisotopic (exact) mass is 386 g/mol. The molecule has 0 aliphatic heterocycles. The lowest BCUT2D eigenvalue weighted by Gasteiger charge is -2.26. The van der Waals surface area contributed by atoms with Crippen LogP contribution in [-0.2, 0) is 33.3 Å². The number of esters is 2. The quantitative estimate of drug-likeness (QED) is 0.316. The van der Waals surface area contributed by atoms with E-state index in [1.165, 1.54) is 0 Å². The first-order chi connectivity index (χ1) is 12.6. The van der Waals surface area contributed by atoms with Gasteiger partial charge in [-0.2, -0.15) is 0 Å². The maximum absolute atomic E-state index is 11.1. The van der Waals surface area contributed by atoms with Crippen LogP contribution in [0.2, 0.25) is 0 Å². The van der Waals surface area contributed by atoms with Gasteiger partial charge < -0.3 is 23.7 Å². The van der Waals surface area contributed by atoms with Crippen molar-refractivity contribution in [3.8, 4) is 0 Å². The molecule has 0 aliphatic rings. The summed E-state index contributed by atoms with van der Waals surface area (Å²) in [6, 6.07) is 0. The lowest BCUT2D eigenvalue weighted by molar-refractivity contribution is -0.148. The molecule has 0 aromatic rings. The minimum absolute atomic E-state index is 0.134. The van der Waals surface area contributed by atoms with Crippen LogP contribution in [0.25, 0.3) is 0 Å². The Morgan fingerprint density at radius 2 is 1.22 bits per heavy atom. The van der Waals surface area contributed by atoms with E-state index in [9.17, 15) is 9.59 Å². The molecule has 0 radical (unpaired) electrons. The molecule has 0 heterocycles. The van der Waals surface area contributed by atoms with Crippen LogP contribution >= 0.6 is 0 Å². The van der Waals surface area contributed by atoms with Gasteiger partial charge in [0.05, 0.1) is 39.1 Å². The fourth-order valence-corrected chi connectivity index (χ4v) is 1.95. The van der Waals surface area contributed by atoms with Gasteiger partial charge in [-0.1, -0.05) is 27.0 Å². The molecule has 0 fully saturated rings. The van der Waals surface area contributed by atoms with Crippen molar-refractivity contribution in [2.45, 2.75) is 52.9 Å². The van der Waals surface area contributed by atoms with Crippen LogP contribution in [0.1, 0.15) is 34.6 Å². The van der Waals surface area contributed by atoms with Crippen molar-refractivity contribution >= 4 is 11.9 Å². The fourth-order valence-electron chi connectivity index (χ4n) is 1.95. The largest absolute Gasteiger partial charge is 0.457 e. The molecule has 27 heavy (non-hydrogen) atoms. The Labute approximate surface area is 162 Å². The van der Waals surface area contributed by atoms with E-state index in [1.807, 2.05) is 20.8 Å². The SMILES string of the molecule is C=CC(=O)OC(C)COCC(C)(C)COCC(C)OCC(C)OC(=O)C=C. The Balaban J connectivity index is 3.92. The third-order valence-electron chi connectivity index (χ3n) is 3.27. The number of carbonyl (C=O) groups is 2. The average Bonchev–Trinajstić information content (AvgIpc) is 2.59. The highest BCUT2D eigenvalue weighted by molar-refractivity contribution is 5.81. The first-order valence-corrected chi connectivity index (χ1v) is 9.02. The fraction of sp³-hybridized carbons (Fsp3) is 0.700. The van der Waals surface area contributed by atoms with Gasteiger partial charge in [0.1, 0.15) is 12.2 Å². The molecule has 3 unspecified atom stereocenters. The van der Waals surface area contributed by atoms with E-state index in [0.29, 0.717) is 26.4 Å². The predicted molar refractivity (Wildman–Crippen MR) is 102 cm³/mol. The van der Waals surface area contributed by atoms with Gasteiger partial charge in [-0.15, -0.1) is 0 Å². The Kier molecular flexibility index (Phi) is 12.6. The van der Waals surface area contributed by atoms with Gasteiger partial charge in [0.15, 0.2) is 0 Å². The van der Waals surface area contributed by atoms with E-state index in [2.05, 4.69) is 13.2 Å². The summed E-state index contributed by atoms with van der Waals surface area (Å²) in [7, 11) is 0. The molecule has 0 amide bonds. The molecule has 0 saturated heterocycles. The standard InChI is InChI=1S/C20H34O7/c1-8-18(21)26-16(4)11-24-14-20(6,7)13-23-10-15(3)25-12-17(5)27-19(22)9-2/h8-9,15-17H,1-2,10-14H2,3-7H3. The number of rotatable bonds is 15. The van der Waals surface area contributed by atoms with Crippen LogP contribution < -0.4 is 0 Å². The van der Waals surface area contributed by atoms with E-state index in [0.717, 1.165) is 12.2 Å². The van der Waals surface area contributed by atoms with Crippen molar-refractivity contribution in [2.24, 2.45) is 5.41 Å². The van der Waals surface area contributed by atoms with Gasteiger partial charge in [-0.25, -0.2) is 9.59 Å². The number of carbonyl (C=O) groups excluding carboxylic acids is 2. The molecule has 0 aromatic carbocycles. The van der Waals surface area contributed by atoms with Crippen molar-refractivity contribution in [3.05, 3.63) is 25.3 Å². The summed E-state index contributed by atoms with van der Waals surface area (Å²) in [5, 5.41) is 0. The van der Waals surface area contributed by atoms with Crippen LogP contribution in [0, 0.1) is 5.41 Å². The molecule has 7 nitrogen and oxygen atoms in total. The van der Waals surface area contributed by atoms with Crippen molar-refractivity contribution in [1.29, 1.82) is 0 Å². The number of ether oxygens (including phenoxy) is 5. The molecule has 0 spiro atoms. The average molecular weight is 386 g/mol. The van der Waals surface area contributed by atoms with Gasteiger partial charge in [-0.3, -0.25) is 0 Å². The molecule has 0 N–H and O–H groups in total. The molecule has 0 saturated carbocycles. The molecular weight excluding hydrogens is 352 g/mol. The lowest BCUT2D eigenvalue weighted by atomic mass is 9.96. The van der Waals surface area contributed by atoms with E-state index in [-0.39, 0.29) is 30.3 Å². The third kappa shape index (κ3) is 14.1. The van der Waals surface area contributed by atoms with Gasteiger partial charge in [-0.05, 0) is 20.8 Å². The minimum atomic E-state index is -0.467. The Hall–Kier alpha value is -1.70. The smallest absolute Gasteiger partial charge is 0.330 e. The second-order valence-corrected chi connectivity index (χ2v) is 7.24. The number of hydrogen-bond donors (Lipinski definition) is 0. The molecule has 0 rings (SSSR count). The second-order valence-electron chi connectivity index (χ2n) is 7.24. The predicted octanol–water partition coefficient (Wildman–Crippen LogP) is 2.69. The van der Waals surface area contributed by atoms with Gasteiger partial charge >= 0.3 is 11.9 Å². The summed E-state index contributed by atoms with van der Waals surface area (Å²) in [5.41, 5.74) is -0.200. The molecule has 0 aromatic heterocycles. The van der Waals surface area contributed by atoms with Crippen molar-refractivity contribution in [2.75, 3.05) is 33.0 Å². The topological polar surface area (TPSA) is 80.3 Å². The van der Waals surface area contributed by atoms with Gasteiger partial charge in [0.2, 0.25) is 0 Å². The van der Waals surface area contributed by atoms with E-state index >= 15 is 0 Å². The van der Waals surface area contributed by atoms with Crippen molar-refractivity contribution in [3.63, 3.8) is 0 Å². The summed E-state index contributed by atoms with van der Waals surface area (Å²) < 4.78 is 27.0. The summed E-state index contributed by atoms with van der Waals surface area (Å²) in [5.74, 6) is -0.929. The summed E-state index contributed by atoms with van der Waals surface area (Å²) in [6.07, 6.45) is 1.43. The maximum atomic E-state index is 11.1. The van der Waals surface area contributed by atoms with Crippen LogP contribution in [0.4, 0.5) is 0 Å². The number of hydrogen-bond acceptors (Lipinski definition) is 7. The molecule has 0 aliphatic carbocycles. The second kappa shape index (κ2) is 13.5. The van der Waals surface area contributed by atoms with Crippen molar-refractivity contribution in [1.82, 2.24) is 0 Å².